The third-order valence-corrected chi connectivity index (χ3v) is 10.3. The molecule has 10 heteroatoms. The molecule has 6 heterocycles. The number of hydrogen-bond donors (Lipinski definition) is 2. The van der Waals surface area contributed by atoms with Gasteiger partial charge >= 0.3 is 0 Å². The zero-order chi connectivity index (χ0) is 34.6. The van der Waals surface area contributed by atoms with E-state index in [0.29, 0.717) is 5.15 Å². The molecule has 2 N–H and O–H groups in total. The summed E-state index contributed by atoms with van der Waals surface area (Å²) in [6.07, 6.45) is 12.4. The number of aromatic amines is 2. The smallest absolute Gasteiger partial charge is 0.252 e. The second-order valence-electron chi connectivity index (χ2n) is 13.6. The lowest BCUT2D eigenvalue weighted by atomic mass is 9.90. The Kier molecular flexibility index (Phi) is 13.6. The molecule has 6 rings (SSSR count). The number of ether oxygens (including phenoxy) is 1. The molecule has 0 unspecified atom stereocenters. The van der Waals surface area contributed by atoms with Crippen molar-refractivity contribution < 1.29 is 4.74 Å². The topological polar surface area (TPSA) is 107 Å². The molecule has 2 saturated heterocycles. The minimum Gasteiger partial charge on any atom is -0.481 e. The van der Waals surface area contributed by atoms with Crippen molar-refractivity contribution in [3.8, 4) is 5.88 Å². The first-order valence-corrected chi connectivity index (χ1v) is 18.1. The summed E-state index contributed by atoms with van der Waals surface area (Å²) < 4.78 is 5.41. The molecule has 4 aromatic heterocycles. The van der Waals surface area contributed by atoms with E-state index in [4.69, 9.17) is 16.3 Å². The van der Waals surface area contributed by atoms with Gasteiger partial charge in [0.1, 0.15) is 5.15 Å². The zero-order valence-electron chi connectivity index (χ0n) is 29.2. The van der Waals surface area contributed by atoms with E-state index < -0.39 is 0 Å². The molecule has 0 amide bonds. The fraction of sp³-hybridized carbons (Fsp3) is 0.487. The normalized spacial score (nSPS) is 16.2. The van der Waals surface area contributed by atoms with Gasteiger partial charge in [0, 0.05) is 53.6 Å². The summed E-state index contributed by atoms with van der Waals surface area (Å²) >= 11 is 6.22. The fourth-order valence-corrected chi connectivity index (χ4v) is 7.19. The summed E-state index contributed by atoms with van der Waals surface area (Å²) in [6.45, 7) is 9.67. The summed E-state index contributed by atoms with van der Waals surface area (Å²) in [5.74, 6) is 2.23. The molecule has 0 bridgehead atoms. The van der Waals surface area contributed by atoms with Crippen LogP contribution < -0.4 is 15.9 Å². The van der Waals surface area contributed by atoms with Crippen LogP contribution in [0.15, 0.2) is 70.5 Å². The highest BCUT2D eigenvalue weighted by Gasteiger charge is 2.22. The van der Waals surface area contributed by atoms with Crippen molar-refractivity contribution >= 4 is 11.6 Å². The van der Waals surface area contributed by atoms with Crippen molar-refractivity contribution in [3.63, 3.8) is 0 Å². The van der Waals surface area contributed by atoms with Crippen molar-refractivity contribution in [2.75, 3.05) is 33.3 Å². The Bertz CT molecular complexity index is 1740. The lowest BCUT2D eigenvalue weighted by Crippen LogP contribution is -2.35. The van der Waals surface area contributed by atoms with Crippen LogP contribution in [0.4, 0.5) is 0 Å². The van der Waals surface area contributed by atoms with Crippen LogP contribution in [0.25, 0.3) is 0 Å². The van der Waals surface area contributed by atoms with Gasteiger partial charge in [-0.2, -0.15) is 0 Å². The molecular weight excluding hydrogens is 636 g/mol. The molecule has 0 aromatic carbocycles. The first-order valence-electron chi connectivity index (χ1n) is 17.7. The van der Waals surface area contributed by atoms with Gasteiger partial charge in [0.05, 0.1) is 7.11 Å². The van der Waals surface area contributed by atoms with E-state index in [1.807, 2.05) is 44.2 Å². The molecule has 0 saturated carbocycles. The zero-order valence-corrected chi connectivity index (χ0v) is 30.0. The molecule has 9 nitrogen and oxygen atoms in total. The standard InChI is InChI=1S/C20H27N3O2.C19H24ClN3O/c1-15-5-7-17(20(22-15)25-2)8-6-16-9-12-23(13-10-16)14-18-4-3-11-21-19(18)24;1-14-4-6-16(18(20)22-14)7-5-15-8-11-23(12-9-15)13-17-3-2-10-21-19(17)24/h3-5,7,11,16H,6,8-10,12-14H2,1-2H3,(H,21,24);2-4,6,10,15H,5,7-9,11-13H2,1H3,(H,21,24). The second-order valence-corrected chi connectivity index (χ2v) is 13.9. The molecule has 2 aliphatic heterocycles. The Morgan fingerprint density at radius 2 is 1.16 bits per heavy atom. The van der Waals surface area contributed by atoms with Gasteiger partial charge in [0.25, 0.3) is 11.1 Å². The van der Waals surface area contributed by atoms with Crippen LogP contribution in [0.2, 0.25) is 5.15 Å². The molecule has 2 aliphatic rings. The van der Waals surface area contributed by atoms with E-state index >= 15 is 0 Å². The average Bonchev–Trinajstić information content (AvgIpc) is 3.11. The Balaban J connectivity index is 0.000000191. The number of methoxy groups -OCH3 is 1. The number of nitrogens with one attached hydrogen (secondary N) is 2. The van der Waals surface area contributed by atoms with Gasteiger partial charge in [-0.15, -0.1) is 0 Å². The lowest BCUT2D eigenvalue weighted by Gasteiger charge is -2.31. The fourth-order valence-electron chi connectivity index (χ4n) is 6.90. The van der Waals surface area contributed by atoms with Crippen LogP contribution in [0.5, 0.6) is 5.88 Å². The highest BCUT2D eigenvalue weighted by molar-refractivity contribution is 6.30. The maximum absolute atomic E-state index is 11.8. The van der Waals surface area contributed by atoms with Gasteiger partial charge in [0.2, 0.25) is 5.88 Å². The average molecular weight is 687 g/mol. The summed E-state index contributed by atoms with van der Waals surface area (Å²) in [5.41, 5.74) is 6.08. The van der Waals surface area contributed by atoms with E-state index in [0.717, 1.165) is 104 Å². The molecule has 0 atom stereocenters. The minimum atomic E-state index is 0.0288. The molecule has 0 spiro atoms. The quantitative estimate of drug-likeness (QED) is 0.173. The Labute approximate surface area is 295 Å². The van der Waals surface area contributed by atoms with Gasteiger partial charge in [-0.05, 0) is 133 Å². The molecule has 0 radical (unpaired) electrons. The Morgan fingerprint density at radius 3 is 1.63 bits per heavy atom. The number of nitrogens with zero attached hydrogens (tertiary/aromatic N) is 4. The predicted octanol–water partition coefficient (Wildman–Crippen LogP) is 6.51. The number of hydrogen-bond acceptors (Lipinski definition) is 7. The number of pyridine rings is 4. The van der Waals surface area contributed by atoms with E-state index in [9.17, 15) is 9.59 Å². The molecule has 0 aliphatic carbocycles. The monoisotopic (exact) mass is 686 g/mol. The van der Waals surface area contributed by atoms with Crippen molar-refractivity contribution in [1.82, 2.24) is 29.7 Å². The Hall–Kier alpha value is -3.79. The number of aromatic nitrogens is 4. The van der Waals surface area contributed by atoms with Crippen LogP contribution in [0, 0.1) is 25.7 Å². The number of rotatable bonds is 11. The number of likely N-dealkylation sites (tertiary alicyclic amines) is 2. The first-order chi connectivity index (χ1) is 23.8. The SMILES string of the molecule is COc1nc(C)ccc1CCC1CCN(Cc2ccc[nH]c2=O)CC1.Cc1ccc(CCC2CCN(Cc3ccc[nH]c3=O)CC2)c(Cl)n1. The van der Waals surface area contributed by atoms with Gasteiger partial charge in [-0.3, -0.25) is 19.4 Å². The molecule has 262 valence electrons. The minimum absolute atomic E-state index is 0.0288. The van der Waals surface area contributed by atoms with E-state index in [-0.39, 0.29) is 11.1 Å². The summed E-state index contributed by atoms with van der Waals surface area (Å²) in [4.78, 5) is 42.6. The maximum Gasteiger partial charge on any atom is 0.252 e. The third-order valence-electron chi connectivity index (χ3n) is 9.98. The van der Waals surface area contributed by atoms with E-state index in [1.54, 1.807) is 19.5 Å². The van der Waals surface area contributed by atoms with Crippen LogP contribution >= 0.6 is 11.6 Å². The maximum atomic E-state index is 11.8. The number of aryl methyl sites for hydroxylation is 4. The molecule has 49 heavy (non-hydrogen) atoms. The van der Waals surface area contributed by atoms with Crippen LogP contribution in [-0.4, -0.2) is 63.0 Å². The van der Waals surface area contributed by atoms with Crippen molar-refractivity contribution in [3.05, 3.63) is 120 Å². The second kappa shape index (κ2) is 18.3. The summed E-state index contributed by atoms with van der Waals surface area (Å²) in [7, 11) is 1.69. The van der Waals surface area contributed by atoms with Crippen molar-refractivity contribution in [2.45, 2.75) is 78.3 Å². The number of halogens is 1. The first kappa shape index (κ1) is 36.5. The largest absolute Gasteiger partial charge is 0.481 e. The predicted molar refractivity (Wildman–Crippen MR) is 196 cm³/mol. The Morgan fingerprint density at radius 1 is 0.694 bits per heavy atom. The highest BCUT2D eigenvalue weighted by atomic mass is 35.5. The van der Waals surface area contributed by atoms with E-state index in [1.165, 1.54) is 37.7 Å². The van der Waals surface area contributed by atoms with Crippen LogP contribution in [0.3, 0.4) is 0 Å². The molecular formula is C39H51ClN6O3. The summed E-state index contributed by atoms with van der Waals surface area (Å²) in [5, 5.41) is 0.649. The number of piperidine rings is 2. The van der Waals surface area contributed by atoms with Crippen LogP contribution in [0.1, 0.15) is 72.2 Å². The highest BCUT2D eigenvalue weighted by Crippen LogP contribution is 2.27. The van der Waals surface area contributed by atoms with Crippen molar-refractivity contribution in [1.29, 1.82) is 0 Å². The molecule has 2 fully saturated rings. The van der Waals surface area contributed by atoms with Gasteiger partial charge in [-0.1, -0.05) is 35.9 Å². The van der Waals surface area contributed by atoms with E-state index in [2.05, 4.69) is 47.9 Å². The molecule has 4 aromatic rings. The van der Waals surface area contributed by atoms with Crippen LogP contribution in [-0.2, 0) is 25.9 Å². The van der Waals surface area contributed by atoms with Gasteiger partial charge < -0.3 is 14.7 Å². The van der Waals surface area contributed by atoms with Gasteiger partial charge in [-0.25, -0.2) is 9.97 Å². The van der Waals surface area contributed by atoms with Crippen molar-refractivity contribution in [2.24, 2.45) is 11.8 Å². The lowest BCUT2D eigenvalue weighted by molar-refractivity contribution is 0.171. The van der Waals surface area contributed by atoms with Gasteiger partial charge in [0.15, 0.2) is 0 Å². The summed E-state index contributed by atoms with van der Waals surface area (Å²) in [6, 6.07) is 15.9. The third kappa shape index (κ3) is 11.1. The number of H-pyrrole nitrogens is 2.